The van der Waals surface area contributed by atoms with E-state index in [1.807, 2.05) is 19.9 Å². The van der Waals surface area contributed by atoms with E-state index in [-0.39, 0.29) is 54.5 Å². The third-order valence-electron chi connectivity index (χ3n) is 8.58. The molecule has 0 radical (unpaired) electrons. The lowest BCUT2D eigenvalue weighted by atomic mass is 9.61. The van der Waals surface area contributed by atoms with Gasteiger partial charge in [0.2, 0.25) is 0 Å². The molecule has 1 saturated carbocycles. The highest BCUT2D eigenvalue weighted by molar-refractivity contribution is 5.89. The molecular formula is C29H42O9. The van der Waals surface area contributed by atoms with Gasteiger partial charge >= 0.3 is 17.9 Å². The molecule has 0 spiro atoms. The maximum Gasteiger partial charge on any atom is 0.336 e. The fraction of sp³-hybridized carbons (Fsp3) is 0.690. The van der Waals surface area contributed by atoms with Crippen molar-refractivity contribution in [2.24, 2.45) is 41.4 Å². The van der Waals surface area contributed by atoms with Crippen molar-refractivity contribution in [2.45, 2.75) is 59.0 Å². The van der Waals surface area contributed by atoms with Crippen molar-refractivity contribution in [1.29, 1.82) is 0 Å². The van der Waals surface area contributed by atoms with Crippen LogP contribution < -0.4 is 0 Å². The zero-order valence-electron chi connectivity index (χ0n) is 22.8. The Morgan fingerprint density at radius 2 is 1.82 bits per heavy atom. The lowest BCUT2D eigenvalue weighted by Gasteiger charge is -2.46. The van der Waals surface area contributed by atoms with Gasteiger partial charge in [-0.3, -0.25) is 4.79 Å². The van der Waals surface area contributed by atoms with Crippen LogP contribution in [0.2, 0.25) is 0 Å². The van der Waals surface area contributed by atoms with E-state index in [0.717, 1.165) is 18.4 Å². The number of hydrogen-bond donors (Lipinski definition) is 4. The molecular weight excluding hydrogens is 492 g/mol. The fourth-order valence-electron chi connectivity index (χ4n) is 6.36. The van der Waals surface area contributed by atoms with E-state index in [9.17, 15) is 34.8 Å². The fourth-order valence-corrected chi connectivity index (χ4v) is 6.36. The molecule has 9 heteroatoms. The van der Waals surface area contributed by atoms with E-state index >= 15 is 0 Å². The lowest BCUT2D eigenvalue weighted by Crippen LogP contribution is -2.55. The first-order valence-electron chi connectivity index (χ1n) is 13.5. The number of ether oxygens (including phenoxy) is 2. The Morgan fingerprint density at radius 3 is 2.39 bits per heavy atom. The molecule has 0 aromatic carbocycles. The van der Waals surface area contributed by atoms with Crippen LogP contribution in [0.5, 0.6) is 0 Å². The second-order valence-corrected chi connectivity index (χ2v) is 11.6. The van der Waals surface area contributed by atoms with Crippen LogP contribution in [0.15, 0.2) is 34.9 Å². The molecule has 9 nitrogen and oxygen atoms in total. The van der Waals surface area contributed by atoms with Gasteiger partial charge in [0.25, 0.3) is 0 Å². The number of aliphatic hydroxyl groups is 3. The van der Waals surface area contributed by atoms with E-state index in [4.69, 9.17) is 9.47 Å². The van der Waals surface area contributed by atoms with E-state index in [0.29, 0.717) is 12.3 Å². The molecule has 1 fully saturated rings. The maximum absolute atomic E-state index is 13.0. The third kappa shape index (κ3) is 6.55. The molecule has 0 aromatic heterocycles. The molecule has 1 heterocycles. The van der Waals surface area contributed by atoms with Gasteiger partial charge in [-0.15, -0.1) is 0 Å². The molecule has 0 aromatic rings. The summed E-state index contributed by atoms with van der Waals surface area (Å²) in [6.45, 7) is 6.66. The van der Waals surface area contributed by atoms with Crippen LogP contribution in [0, 0.1) is 41.4 Å². The summed E-state index contributed by atoms with van der Waals surface area (Å²) in [6, 6.07) is 0. The predicted octanol–water partition coefficient (Wildman–Crippen LogP) is 2.65. The molecule has 3 aliphatic rings. The van der Waals surface area contributed by atoms with Crippen LogP contribution in [0.1, 0.15) is 53.4 Å². The van der Waals surface area contributed by atoms with Crippen LogP contribution in [0.3, 0.4) is 0 Å². The molecule has 212 valence electrons. The number of carboxylic acid groups (broad SMARTS) is 1. The Balaban J connectivity index is 1.84. The molecule has 3 rings (SSSR count). The highest BCUT2D eigenvalue weighted by atomic mass is 16.6. The number of allylic oxidation sites excluding steroid dienone is 3. The van der Waals surface area contributed by atoms with Crippen LogP contribution in [0.4, 0.5) is 0 Å². The molecule has 0 unspecified atom stereocenters. The van der Waals surface area contributed by atoms with E-state index < -0.39 is 48.6 Å². The SMILES string of the molecule is CC(C)[C@H]1CC[C@@](O)(COC(=O)/C(=C/[C@H]2C=C(CO)CC[C@H]2C(C)C)CO)[C@@H]2C(=O)OCC(C(=O)O)=C[C@@H]12. The zero-order valence-corrected chi connectivity index (χ0v) is 22.8. The summed E-state index contributed by atoms with van der Waals surface area (Å²) in [5.41, 5.74) is -0.852. The van der Waals surface area contributed by atoms with Crippen molar-refractivity contribution in [3.8, 4) is 0 Å². The van der Waals surface area contributed by atoms with Gasteiger partial charge in [0.15, 0.2) is 0 Å². The monoisotopic (exact) mass is 534 g/mol. The Morgan fingerprint density at radius 1 is 1.13 bits per heavy atom. The van der Waals surface area contributed by atoms with Gasteiger partial charge in [0.1, 0.15) is 18.8 Å². The highest BCUT2D eigenvalue weighted by Gasteiger charge is 2.54. The second kappa shape index (κ2) is 12.6. The van der Waals surface area contributed by atoms with E-state index in [1.165, 1.54) is 6.08 Å². The zero-order chi connectivity index (χ0) is 28.2. The van der Waals surface area contributed by atoms with Gasteiger partial charge in [-0.25, -0.2) is 9.59 Å². The first-order chi connectivity index (χ1) is 17.9. The molecule has 2 aliphatic carbocycles. The average Bonchev–Trinajstić information content (AvgIpc) is 3.05. The Bertz CT molecular complexity index is 992. The summed E-state index contributed by atoms with van der Waals surface area (Å²) < 4.78 is 10.7. The summed E-state index contributed by atoms with van der Waals surface area (Å²) >= 11 is 0. The number of esters is 2. The number of hydrogen-bond acceptors (Lipinski definition) is 8. The number of fused-ring (bicyclic) bond motifs is 1. The van der Waals surface area contributed by atoms with Crippen molar-refractivity contribution in [3.05, 3.63) is 34.9 Å². The average molecular weight is 535 g/mol. The highest BCUT2D eigenvalue weighted by Crippen LogP contribution is 2.47. The third-order valence-corrected chi connectivity index (χ3v) is 8.58. The molecule has 1 aliphatic heterocycles. The summed E-state index contributed by atoms with van der Waals surface area (Å²) in [6.07, 6.45) is 7.46. The maximum atomic E-state index is 13.0. The van der Waals surface area contributed by atoms with Gasteiger partial charge in [0, 0.05) is 0 Å². The largest absolute Gasteiger partial charge is 0.478 e. The number of aliphatic carboxylic acids is 1. The van der Waals surface area contributed by atoms with Gasteiger partial charge in [0.05, 0.1) is 30.3 Å². The molecule has 38 heavy (non-hydrogen) atoms. The number of rotatable bonds is 9. The smallest absolute Gasteiger partial charge is 0.336 e. The van der Waals surface area contributed by atoms with Crippen LogP contribution in [-0.4, -0.2) is 70.4 Å². The molecule has 0 saturated heterocycles. The Hall–Kier alpha value is -2.49. The lowest BCUT2D eigenvalue weighted by molar-refractivity contribution is -0.181. The number of carbonyl (C=O) groups is 3. The van der Waals surface area contributed by atoms with Crippen molar-refractivity contribution in [3.63, 3.8) is 0 Å². The predicted molar refractivity (Wildman–Crippen MR) is 139 cm³/mol. The number of carboxylic acids is 1. The number of carbonyl (C=O) groups excluding carboxylic acids is 2. The quantitative estimate of drug-likeness (QED) is 0.199. The molecule has 6 atom stereocenters. The molecule has 0 bridgehead atoms. The van der Waals surface area contributed by atoms with Crippen LogP contribution >= 0.6 is 0 Å². The summed E-state index contributed by atoms with van der Waals surface area (Å²) in [4.78, 5) is 37.8. The molecule has 0 amide bonds. The van der Waals surface area contributed by atoms with Gasteiger partial charge in [-0.2, -0.15) is 0 Å². The Kier molecular flexibility index (Phi) is 9.95. The number of aliphatic hydroxyl groups excluding tert-OH is 2. The molecule has 4 N–H and O–H groups in total. The minimum absolute atomic E-state index is 0.0364. The summed E-state index contributed by atoms with van der Waals surface area (Å²) in [5.74, 6) is -3.91. The second-order valence-electron chi connectivity index (χ2n) is 11.6. The van der Waals surface area contributed by atoms with Crippen LogP contribution in [0.25, 0.3) is 0 Å². The summed E-state index contributed by atoms with van der Waals surface area (Å²) in [7, 11) is 0. The topological polar surface area (TPSA) is 151 Å². The first-order valence-corrected chi connectivity index (χ1v) is 13.5. The Labute approximate surface area is 224 Å². The minimum atomic E-state index is -1.75. The van der Waals surface area contributed by atoms with Gasteiger partial charge in [-0.05, 0) is 66.8 Å². The minimum Gasteiger partial charge on any atom is -0.478 e. The van der Waals surface area contributed by atoms with E-state index in [1.54, 1.807) is 6.08 Å². The van der Waals surface area contributed by atoms with Crippen molar-refractivity contribution < 1.29 is 44.3 Å². The van der Waals surface area contributed by atoms with Crippen molar-refractivity contribution >= 4 is 17.9 Å². The van der Waals surface area contributed by atoms with Gasteiger partial charge < -0.3 is 29.9 Å². The van der Waals surface area contributed by atoms with Crippen molar-refractivity contribution in [2.75, 3.05) is 26.4 Å². The normalized spacial score (nSPS) is 32.2. The van der Waals surface area contributed by atoms with Crippen molar-refractivity contribution in [1.82, 2.24) is 0 Å². The first kappa shape index (κ1) is 30.1. The number of cyclic esters (lactones) is 1. The van der Waals surface area contributed by atoms with Gasteiger partial charge in [-0.1, -0.05) is 45.9 Å². The standard InChI is InChI=1S/C29H42O9/c1-16(2)22-6-5-18(12-30)9-19(22)10-20(13-31)27(34)38-15-29(36)8-7-23(17(3)4)24-11-21(26(32)33)14-37-28(35)25(24)29/h9-11,16-17,19,22-25,30-31,36H,5-8,12-15H2,1-4H3,(H,32,33)/b20-10+/t19-,22+,23-,24+,25+,29-/m1/s1. The van der Waals surface area contributed by atoms with Crippen LogP contribution in [-0.2, 0) is 23.9 Å². The van der Waals surface area contributed by atoms with E-state index in [2.05, 4.69) is 13.8 Å². The summed E-state index contributed by atoms with van der Waals surface area (Å²) in [5, 5.41) is 40.7.